The van der Waals surface area contributed by atoms with E-state index in [1.165, 1.54) is 5.56 Å². The van der Waals surface area contributed by atoms with Gasteiger partial charge in [-0.3, -0.25) is 9.69 Å². The maximum Gasteiger partial charge on any atom is 0.254 e. The summed E-state index contributed by atoms with van der Waals surface area (Å²) in [6, 6.07) is 13.5. The van der Waals surface area contributed by atoms with Crippen LogP contribution in [0.5, 0.6) is 11.5 Å². The zero-order valence-corrected chi connectivity index (χ0v) is 18.1. The molecule has 0 saturated carbocycles. The lowest BCUT2D eigenvalue weighted by Crippen LogP contribution is -2.48. The van der Waals surface area contributed by atoms with Crippen LogP contribution in [0.1, 0.15) is 28.2 Å². The minimum absolute atomic E-state index is 0.0393. The van der Waals surface area contributed by atoms with E-state index in [1.54, 1.807) is 18.2 Å². The van der Waals surface area contributed by atoms with Gasteiger partial charge < -0.3 is 18.9 Å². The molecule has 0 N–H and O–H groups in total. The van der Waals surface area contributed by atoms with Crippen molar-refractivity contribution in [2.75, 3.05) is 39.5 Å². The van der Waals surface area contributed by atoms with Gasteiger partial charge in [0.25, 0.3) is 5.91 Å². The van der Waals surface area contributed by atoms with E-state index in [-0.39, 0.29) is 12.7 Å². The Morgan fingerprint density at radius 2 is 1.78 bits per heavy atom. The Balaban J connectivity index is 1.07. The molecule has 1 amide bonds. The van der Waals surface area contributed by atoms with Crippen LogP contribution >= 0.6 is 0 Å². The third-order valence-electron chi connectivity index (χ3n) is 5.92. The molecule has 2 aliphatic rings. The van der Waals surface area contributed by atoms with Crippen LogP contribution < -0.4 is 9.47 Å². The average molecular weight is 434 g/mol. The molecule has 3 heterocycles. The first-order chi connectivity index (χ1) is 15.7. The molecular formula is C24H26N4O4. The van der Waals surface area contributed by atoms with Crippen LogP contribution in [0.25, 0.3) is 11.4 Å². The largest absolute Gasteiger partial charge is 0.454 e. The van der Waals surface area contributed by atoms with E-state index in [9.17, 15) is 4.79 Å². The number of aryl methyl sites for hydroxylation is 2. The van der Waals surface area contributed by atoms with Gasteiger partial charge in [0, 0.05) is 43.7 Å². The van der Waals surface area contributed by atoms with Crippen molar-refractivity contribution in [2.24, 2.45) is 0 Å². The van der Waals surface area contributed by atoms with E-state index in [2.05, 4.69) is 22.0 Å². The van der Waals surface area contributed by atoms with Crippen LogP contribution in [0.4, 0.5) is 0 Å². The van der Waals surface area contributed by atoms with Gasteiger partial charge >= 0.3 is 0 Å². The highest BCUT2D eigenvalue weighted by Gasteiger charge is 2.24. The number of fused-ring (bicyclic) bond motifs is 1. The molecule has 0 radical (unpaired) electrons. The number of nitrogens with zero attached hydrogens (tertiary/aromatic N) is 4. The molecule has 8 heteroatoms. The van der Waals surface area contributed by atoms with Gasteiger partial charge in [-0.15, -0.1) is 0 Å². The monoisotopic (exact) mass is 434 g/mol. The fourth-order valence-electron chi connectivity index (χ4n) is 4.02. The Morgan fingerprint density at radius 1 is 1.00 bits per heavy atom. The lowest BCUT2D eigenvalue weighted by Gasteiger charge is -2.34. The number of piperazine rings is 1. The predicted molar refractivity (Wildman–Crippen MR) is 118 cm³/mol. The van der Waals surface area contributed by atoms with E-state index in [0.29, 0.717) is 41.9 Å². The lowest BCUT2D eigenvalue weighted by molar-refractivity contribution is 0.0635. The Hall–Kier alpha value is -3.39. The highest BCUT2D eigenvalue weighted by Crippen LogP contribution is 2.32. The van der Waals surface area contributed by atoms with E-state index in [4.69, 9.17) is 14.0 Å². The predicted octanol–water partition coefficient (Wildman–Crippen LogP) is 3.16. The van der Waals surface area contributed by atoms with Gasteiger partial charge in [-0.25, -0.2) is 0 Å². The molecular weight excluding hydrogens is 408 g/mol. The summed E-state index contributed by atoms with van der Waals surface area (Å²) in [5.74, 6) is 2.67. The van der Waals surface area contributed by atoms with Crippen molar-refractivity contribution < 1.29 is 18.8 Å². The first-order valence-electron chi connectivity index (χ1n) is 11.0. The van der Waals surface area contributed by atoms with Gasteiger partial charge in [0.15, 0.2) is 11.5 Å². The van der Waals surface area contributed by atoms with Crippen molar-refractivity contribution in [2.45, 2.75) is 19.8 Å². The van der Waals surface area contributed by atoms with Crippen molar-refractivity contribution in [3.8, 4) is 22.9 Å². The molecule has 8 nitrogen and oxygen atoms in total. The molecule has 0 aliphatic carbocycles. The van der Waals surface area contributed by atoms with Crippen molar-refractivity contribution >= 4 is 5.91 Å². The SMILES string of the molecule is Cc1ccc(-c2noc(CCCN3CCN(C(=O)c4ccc5c(c4)OCO5)CC3)n2)cc1. The zero-order valence-electron chi connectivity index (χ0n) is 18.1. The molecule has 5 rings (SSSR count). The number of benzene rings is 2. The number of carbonyl (C=O) groups excluding carboxylic acids is 1. The van der Waals surface area contributed by atoms with Crippen LogP contribution in [-0.2, 0) is 6.42 Å². The first kappa shape index (κ1) is 20.5. The maximum atomic E-state index is 12.8. The number of amides is 1. The van der Waals surface area contributed by atoms with Crippen LogP contribution in [0.15, 0.2) is 47.0 Å². The first-order valence-corrected chi connectivity index (χ1v) is 11.0. The summed E-state index contributed by atoms with van der Waals surface area (Å²) in [7, 11) is 0. The average Bonchev–Trinajstić information content (AvgIpc) is 3.49. The second-order valence-corrected chi connectivity index (χ2v) is 8.18. The summed E-state index contributed by atoms with van der Waals surface area (Å²) in [4.78, 5) is 21.6. The second kappa shape index (κ2) is 9.00. The minimum atomic E-state index is 0.0393. The summed E-state index contributed by atoms with van der Waals surface area (Å²) in [5, 5.41) is 4.10. The Morgan fingerprint density at radius 3 is 2.59 bits per heavy atom. The Labute approximate surface area is 186 Å². The highest BCUT2D eigenvalue weighted by molar-refractivity contribution is 5.95. The number of ether oxygens (including phenoxy) is 2. The van der Waals surface area contributed by atoms with Crippen molar-refractivity contribution in [1.29, 1.82) is 0 Å². The minimum Gasteiger partial charge on any atom is -0.454 e. The number of hydrogen-bond donors (Lipinski definition) is 0. The van der Waals surface area contributed by atoms with E-state index < -0.39 is 0 Å². The molecule has 1 saturated heterocycles. The fraction of sp³-hybridized carbons (Fsp3) is 0.375. The van der Waals surface area contributed by atoms with E-state index in [1.807, 2.05) is 29.2 Å². The molecule has 0 bridgehead atoms. The molecule has 0 unspecified atom stereocenters. The van der Waals surface area contributed by atoms with E-state index in [0.717, 1.165) is 38.0 Å². The molecule has 0 spiro atoms. The molecule has 0 atom stereocenters. The summed E-state index contributed by atoms with van der Waals surface area (Å²) in [6.07, 6.45) is 1.68. The number of aromatic nitrogens is 2. The van der Waals surface area contributed by atoms with Gasteiger partial charge in [-0.2, -0.15) is 4.98 Å². The summed E-state index contributed by atoms with van der Waals surface area (Å²) in [5.41, 5.74) is 2.81. The van der Waals surface area contributed by atoms with Crippen molar-refractivity contribution in [3.63, 3.8) is 0 Å². The summed E-state index contributed by atoms with van der Waals surface area (Å²) < 4.78 is 16.1. The van der Waals surface area contributed by atoms with Crippen LogP contribution in [-0.4, -0.2) is 65.4 Å². The molecule has 1 aromatic heterocycles. The molecule has 32 heavy (non-hydrogen) atoms. The maximum absolute atomic E-state index is 12.8. The molecule has 2 aliphatic heterocycles. The third kappa shape index (κ3) is 4.45. The molecule has 166 valence electrons. The van der Waals surface area contributed by atoms with Crippen LogP contribution in [0.3, 0.4) is 0 Å². The normalized spacial score (nSPS) is 15.8. The van der Waals surface area contributed by atoms with Gasteiger partial charge in [-0.05, 0) is 38.1 Å². The molecule has 1 fully saturated rings. The Kier molecular flexibility index (Phi) is 5.77. The Bertz CT molecular complexity index is 1090. The quantitative estimate of drug-likeness (QED) is 0.589. The smallest absolute Gasteiger partial charge is 0.254 e. The lowest BCUT2D eigenvalue weighted by atomic mass is 10.1. The number of hydrogen-bond acceptors (Lipinski definition) is 7. The van der Waals surface area contributed by atoms with Crippen LogP contribution in [0, 0.1) is 6.92 Å². The van der Waals surface area contributed by atoms with Crippen molar-refractivity contribution in [3.05, 3.63) is 59.5 Å². The van der Waals surface area contributed by atoms with E-state index >= 15 is 0 Å². The highest BCUT2D eigenvalue weighted by atomic mass is 16.7. The topological polar surface area (TPSA) is 80.9 Å². The fourth-order valence-corrected chi connectivity index (χ4v) is 4.02. The van der Waals surface area contributed by atoms with Gasteiger partial charge in [0.2, 0.25) is 18.5 Å². The molecule has 3 aromatic rings. The number of carbonyl (C=O) groups is 1. The van der Waals surface area contributed by atoms with Gasteiger partial charge in [0.1, 0.15) is 0 Å². The van der Waals surface area contributed by atoms with Gasteiger partial charge in [-0.1, -0.05) is 35.0 Å². The van der Waals surface area contributed by atoms with Crippen LogP contribution in [0.2, 0.25) is 0 Å². The van der Waals surface area contributed by atoms with Gasteiger partial charge in [0.05, 0.1) is 0 Å². The standard InChI is InChI=1S/C24H26N4O4/c1-17-4-6-18(7-5-17)23-25-22(32-26-23)3-2-10-27-11-13-28(14-12-27)24(29)19-8-9-20-21(15-19)31-16-30-20/h4-9,15H,2-3,10-14,16H2,1H3. The summed E-state index contributed by atoms with van der Waals surface area (Å²) >= 11 is 0. The molecule has 2 aromatic carbocycles. The summed E-state index contributed by atoms with van der Waals surface area (Å²) in [6.45, 7) is 6.34. The second-order valence-electron chi connectivity index (χ2n) is 8.18. The number of rotatable bonds is 6. The third-order valence-corrected chi connectivity index (χ3v) is 5.92. The zero-order chi connectivity index (χ0) is 21.9. The van der Waals surface area contributed by atoms with Crippen molar-refractivity contribution in [1.82, 2.24) is 19.9 Å².